The summed E-state index contributed by atoms with van der Waals surface area (Å²) in [6.07, 6.45) is 11.0. The molecule has 138 valence electrons. The van der Waals surface area contributed by atoms with Crippen molar-refractivity contribution in [1.29, 1.82) is 0 Å². The molecule has 0 radical (unpaired) electrons. The Bertz CT molecular complexity index is 357. The van der Waals surface area contributed by atoms with Gasteiger partial charge in [-0.05, 0) is 67.2 Å². The van der Waals surface area contributed by atoms with Crippen molar-refractivity contribution in [3.8, 4) is 0 Å². The molecule has 0 heterocycles. The topological polar surface area (TPSA) is 44.8 Å². The van der Waals surface area contributed by atoms with Crippen molar-refractivity contribution in [3.63, 3.8) is 0 Å². The van der Waals surface area contributed by atoms with Crippen molar-refractivity contribution in [2.24, 2.45) is 0 Å². The van der Waals surface area contributed by atoms with Crippen LogP contribution >= 0.6 is 7.82 Å². The highest BCUT2D eigenvalue weighted by Crippen LogP contribution is 2.55. The summed E-state index contributed by atoms with van der Waals surface area (Å²) in [7, 11) is -3.56. The van der Waals surface area contributed by atoms with Gasteiger partial charge in [0.2, 0.25) is 0 Å². The fourth-order valence-corrected chi connectivity index (χ4v) is 3.70. The van der Waals surface area contributed by atoms with Crippen LogP contribution in [0.25, 0.3) is 0 Å². The molecule has 4 nitrogen and oxygen atoms in total. The van der Waals surface area contributed by atoms with Crippen LogP contribution in [0.4, 0.5) is 0 Å². The van der Waals surface area contributed by atoms with Gasteiger partial charge in [-0.1, -0.05) is 31.9 Å². The van der Waals surface area contributed by atoms with Gasteiger partial charge in [0.25, 0.3) is 0 Å². The lowest BCUT2D eigenvalue weighted by atomic mass is 10.2. The highest BCUT2D eigenvalue weighted by Gasteiger charge is 2.36. The smallest absolute Gasteiger partial charge is 0.287 e. The SMILES string of the molecule is CCCCC/C=C/CCCOP(=O)(OC(C)(C)C)OC(C)(C)C. The molecular weight excluding hydrogens is 311 g/mol. The van der Waals surface area contributed by atoms with Crippen LogP contribution in [0.1, 0.15) is 87.0 Å². The third-order valence-corrected chi connectivity index (χ3v) is 4.72. The van der Waals surface area contributed by atoms with Crippen LogP contribution in [0, 0.1) is 0 Å². The average Bonchev–Trinajstić information content (AvgIpc) is 2.32. The third-order valence-electron chi connectivity index (χ3n) is 2.68. The Balaban J connectivity index is 4.23. The Morgan fingerprint density at radius 2 is 1.30 bits per heavy atom. The summed E-state index contributed by atoms with van der Waals surface area (Å²) in [5.74, 6) is 0. The van der Waals surface area contributed by atoms with Gasteiger partial charge in [-0.15, -0.1) is 0 Å². The van der Waals surface area contributed by atoms with E-state index in [-0.39, 0.29) is 0 Å². The van der Waals surface area contributed by atoms with Gasteiger partial charge in [0, 0.05) is 0 Å². The Labute approximate surface area is 143 Å². The lowest BCUT2D eigenvalue weighted by molar-refractivity contribution is 0.00321. The average molecular weight is 348 g/mol. The van der Waals surface area contributed by atoms with Crippen LogP contribution in [0.15, 0.2) is 12.2 Å². The van der Waals surface area contributed by atoms with Crippen LogP contribution in [0.3, 0.4) is 0 Å². The van der Waals surface area contributed by atoms with E-state index in [4.69, 9.17) is 13.6 Å². The standard InChI is InChI=1S/C18H37O4P/c1-8-9-10-11-12-13-14-15-16-20-23(19,21-17(2,3)4)22-18(5,6)7/h12-13H,8-11,14-16H2,1-7H3/b13-12+. The molecule has 0 aliphatic heterocycles. The Morgan fingerprint density at radius 3 is 1.74 bits per heavy atom. The Hall–Kier alpha value is -0.150. The third kappa shape index (κ3) is 15.1. The lowest BCUT2D eigenvalue weighted by Crippen LogP contribution is -2.24. The molecule has 0 saturated carbocycles. The predicted molar refractivity (Wildman–Crippen MR) is 97.8 cm³/mol. The molecular formula is C18H37O4P. The maximum atomic E-state index is 12.8. The first-order chi connectivity index (χ1) is 10.5. The minimum atomic E-state index is -3.56. The fraction of sp³-hybridized carbons (Fsp3) is 0.889. The monoisotopic (exact) mass is 348 g/mol. The second kappa shape index (κ2) is 10.7. The van der Waals surface area contributed by atoms with Crippen molar-refractivity contribution in [1.82, 2.24) is 0 Å². The van der Waals surface area contributed by atoms with E-state index in [0.717, 1.165) is 19.3 Å². The van der Waals surface area contributed by atoms with E-state index in [0.29, 0.717) is 6.61 Å². The number of hydrogen-bond donors (Lipinski definition) is 0. The summed E-state index contributed by atoms with van der Waals surface area (Å²) in [6.45, 7) is 13.6. The van der Waals surface area contributed by atoms with E-state index in [1.807, 2.05) is 41.5 Å². The summed E-state index contributed by atoms with van der Waals surface area (Å²) in [4.78, 5) is 0. The number of unbranched alkanes of at least 4 members (excludes halogenated alkanes) is 4. The zero-order valence-corrected chi connectivity index (χ0v) is 17.1. The highest BCUT2D eigenvalue weighted by molar-refractivity contribution is 7.48. The quantitative estimate of drug-likeness (QED) is 0.238. The first-order valence-corrected chi connectivity index (χ1v) is 10.2. The molecule has 0 atom stereocenters. The molecule has 0 bridgehead atoms. The molecule has 5 heteroatoms. The number of phosphoric acid groups is 1. The maximum absolute atomic E-state index is 12.8. The van der Waals surface area contributed by atoms with Crippen LogP contribution in [-0.4, -0.2) is 17.8 Å². The Morgan fingerprint density at radius 1 is 0.826 bits per heavy atom. The minimum Gasteiger partial charge on any atom is -0.287 e. The van der Waals surface area contributed by atoms with Crippen molar-refractivity contribution in [2.45, 2.75) is 98.2 Å². The maximum Gasteiger partial charge on any atom is 0.475 e. The van der Waals surface area contributed by atoms with Gasteiger partial charge in [0.1, 0.15) is 0 Å². The number of allylic oxidation sites excluding steroid dienone is 2. The number of phosphoric ester groups is 1. The summed E-state index contributed by atoms with van der Waals surface area (Å²) >= 11 is 0. The van der Waals surface area contributed by atoms with Gasteiger partial charge >= 0.3 is 7.82 Å². The van der Waals surface area contributed by atoms with Gasteiger partial charge in [-0.2, -0.15) is 0 Å². The molecule has 0 spiro atoms. The van der Waals surface area contributed by atoms with Crippen LogP contribution in [0.5, 0.6) is 0 Å². The first kappa shape index (κ1) is 22.9. The van der Waals surface area contributed by atoms with E-state index in [1.165, 1.54) is 19.3 Å². The summed E-state index contributed by atoms with van der Waals surface area (Å²) in [5.41, 5.74) is -1.17. The van der Waals surface area contributed by atoms with E-state index in [2.05, 4.69) is 19.1 Å². The number of hydrogen-bond acceptors (Lipinski definition) is 4. The molecule has 23 heavy (non-hydrogen) atoms. The molecule has 0 aromatic heterocycles. The zero-order valence-electron chi connectivity index (χ0n) is 16.2. The van der Waals surface area contributed by atoms with Crippen molar-refractivity contribution >= 4 is 7.82 Å². The first-order valence-electron chi connectivity index (χ1n) is 8.78. The molecule has 0 amide bonds. The van der Waals surface area contributed by atoms with E-state index >= 15 is 0 Å². The van der Waals surface area contributed by atoms with Crippen LogP contribution in [0.2, 0.25) is 0 Å². The van der Waals surface area contributed by atoms with E-state index < -0.39 is 19.0 Å². The predicted octanol–water partition coefficient (Wildman–Crippen LogP) is 6.66. The van der Waals surface area contributed by atoms with E-state index in [9.17, 15) is 4.57 Å². The normalized spacial score (nSPS) is 13.9. The van der Waals surface area contributed by atoms with Crippen molar-refractivity contribution in [2.75, 3.05) is 6.61 Å². The second-order valence-corrected chi connectivity index (χ2v) is 9.31. The molecule has 0 aromatic rings. The van der Waals surface area contributed by atoms with E-state index in [1.54, 1.807) is 0 Å². The van der Waals surface area contributed by atoms with Crippen LogP contribution in [-0.2, 0) is 18.1 Å². The van der Waals surface area contributed by atoms with Gasteiger partial charge in [0.15, 0.2) is 0 Å². The summed E-state index contributed by atoms with van der Waals surface area (Å²) in [6, 6.07) is 0. The summed E-state index contributed by atoms with van der Waals surface area (Å²) in [5, 5.41) is 0. The summed E-state index contributed by atoms with van der Waals surface area (Å²) < 4.78 is 29.4. The lowest BCUT2D eigenvalue weighted by Gasteiger charge is -2.30. The molecule has 0 aliphatic rings. The fourth-order valence-electron chi connectivity index (χ4n) is 1.87. The molecule has 0 fully saturated rings. The van der Waals surface area contributed by atoms with Crippen LogP contribution < -0.4 is 0 Å². The minimum absolute atomic E-state index is 0.364. The molecule has 0 saturated heterocycles. The molecule has 0 unspecified atom stereocenters. The van der Waals surface area contributed by atoms with Gasteiger partial charge < -0.3 is 0 Å². The second-order valence-electron chi connectivity index (χ2n) is 7.80. The molecule has 0 aromatic carbocycles. The van der Waals surface area contributed by atoms with Gasteiger partial charge in [-0.3, -0.25) is 13.6 Å². The highest BCUT2D eigenvalue weighted by atomic mass is 31.2. The Kier molecular flexibility index (Phi) is 10.6. The largest absolute Gasteiger partial charge is 0.475 e. The number of rotatable bonds is 11. The molecule has 0 rings (SSSR count). The van der Waals surface area contributed by atoms with Crippen molar-refractivity contribution in [3.05, 3.63) is 12.2 Å². The van der Waals surface area contributed by atoms with Crippen molar-refractivity contribution < 1.29 is 18.1 Å². The zero-order chi connectivity index (χ0) is 18.0. The molecule has 0 aliphatic carbocycles. The van der Waals surface area contributed by atoms with Gasteiger partial charge in [-0.25, -0.2) is 4.57 Å². The molecule has 0 N–H and O–H groups in total. The van der Waals surface area contributed by atoms with Gasteiger partial charge in [0.05, 0.1) is 17.8 Å².